The predicted octanol–water partition coefficient (Wildman–Crippen LogP) is 4.60. The highest BCUT2D eigenvalue weighted by atomic mass is 79.9. The first kappa shape index (κ1) is 14.3. The molecule has 1 aromatic heterocycles. The van der Waals surface area contributed by atoms with E-state index in [-0.39, 0.29) is 5.91 Å². The lowest BCUT2D eigenvalue weighted by Crippen LogP contribution is -2.12. The summed E-state index contributed by atoms with van der Waals surface area (Å²) in [5, 5.41) is 5.80. The molecule has 1 aromatic carbocycles. The number of thiophene rings is 1. The van der Waals surface area contributed by atoms with Crippen molar-refractivity contribution in [2.24, 2.45) is 0 Å². The molecule has 19 heavy (non-hydrogen) atoms. The van der Waals surface area contributed by atoms with Gasteiger partial charge in [0.2, 0.25) is 5.91 Å². The van der Waals surface area contributed by atoms with Gasteiger partial charge in [-0.1, -0.05) is 40.2 Å². The fraction of sp³-hybridized carbons (Fsp3) is 0.267. The van der Waals surface area contributed by atoms with Gasteiger partial charge in [0.05, 0.1) is 0 Å². The first-order chi connectivity index (χ1) is 9.29. The Balaban J connectivity index is 1.80. The summed E-state index contributed by atoms with van der Waals surface area (Å²) in [7, 11) is 0. The van der Waals surface area contributed by atoms with E-state index in [1.165, 1.54) is 4.88 Å². The SMILES string of the molecule is O=C(CCCc1cccs1)Nc1ccccc1CBr. The van der Waals surface area contributed by atoms with Crippen LogP contribution in [0.1, 0.15) is 23.3 Å². The van der Waals surface area contributed by atoms with Crippen LogP contribution in [0.2, 0.25) is 0 Å². The maximum absolute atomic E-state index is 11.9. The summed E-state index contributed by atoms with van der Waals surface area (Å²) < 4.78 is 0. The first-order valence-corrected chi connectivity index (χ1v) is 8.26. The van der Waals surface area contributed by atoms with Crippen molar-refractivity contribution in [3.05, 3.63) is 52.2 Å². The lowest BCUT2D eigenvalue weighted by Gasteiger charge is -2.08. The van der Waals surface area contributed by atoms with Crippen LogP contribution in [-0.4, -0.2) is 5.91 Å². The zero-order chi connectivity index (χ0) is 13.5. The normalized spacial score (nSPS) is 10.4. The Morgan fingerprint density at radius 2 is 2.05 bits per heavy atom. The van der Waals surface area contributed by atoms with Crippen LogP contribution in [0, 0.1) is 0 Å². The Labute approximate surface area is 126 Å². The molecule has 0 bridgehead atoms. The molecule has 0 atom stereocenters. The maximum Gasteiger partial charge on any atom is 0.224 e. The highest BCUT2D eigenvalue weighted by molar-refractivity contribution is 9.08. The largest absolute Gasteiger partial charge is 0.326 e. The van der Waals surface area contributed by atoms with Crippen molar-refractivity contribution in [3.8, 4) is 0 Å². The smallest absolute Gasteiger partial charge is 0.224 e. The van der Waals surface area contributed by atoms with Crippen molar-refractivity contribution in [1.82, 2.24) is 0 Å². The van der Waals surface area contributed by atoms with Crippen LogP contribution < -0.4 is 5.32 Å². The van der Waals surface area contributed by atoms with Gasteiger partial charge in [-0.15, -0.1) is 11.3 Å². The average Bonchev–Trinajstić information content (AvgIpc) is 2.92. The van der Waals surface area contributed by atoms with E-state index in [2.05, 4.69) is 32.7 Å². The lowest BCUT2D eigenvalue weighted by atomic mass is 10.1. The van der Waals surface area contributed by atoms with Crippen LogP contribution in [0.25, 0.3) is 0 Å². The van der Waals surface area contributed by atoms with Gasteiger partial charge in [0, 0.05) is 22.3 Å². The molecule has 1 heterocycles. The molecule has 0 aliphatic carbocycles. The lowest BCUT2D eigenvalue weighted by molar-refractivity contribution is -0.116. The molecule has 0 radical (unpaired) electrons. The summed E-state index contributed by atoms with van der Waals surface area (Å²) >= 11 is 5.17. The fourth-order valence-corrected chi connectivity index (χ4v) is 3.09. The molecule has 100 valence electrons. The summed E-state index contributed by atoms with van der Waals surface area (Å²) in [6.45, 7) is 0. The van der Waals surface area contributed by atoms with Gasteiger partial charge in [-0.2, -0.15) is 0 Å². The molecule has 0 spiro atoms. The molecule has 2 aromatic rings. The number of hydrogen-bond donors (Lipinski definition) is 1. The van der Waals surface area contributed by atoms with Crippen molar-refractivity contribution < 1.29 is 4.79 Å². The monoisotopic (exact) mass is 337 g/mol. The van der Waals surface area contributed by atoms with E-state index in [0.717, 1.165) is 29.4 Å². The number of amides is 1. The van der Waals surface area contributed by atoms with E-state index in [9.17, 15) is 4.79 Å². The number of para-hydroxylation sites is 1. The standard InChI is InChI=1S/C15H16BrNOS/c16-11-12-5-1-2-8-14(12)17-15(18)9-3-6-13-7-4-10-19-13/h1-2,4-5,7-8,10H,3,6,9,11H2,(H,17,18). The molecule has 2 rings (SSSR count). The van der Waals surface area contributed by atoms with Crippen LogP contribution in [-0.2, 0) is 16.5 Å². The third kappa shape index (κ3) is 4.48. The first-order valence-electron chi connectivity index (χ1n) is 6.25. The number of aryl methyl sites for hydroxylation is 1. The number of rotatable bonds is 6. The minimum absolute atomic E-state index is 0.0879. The maximum atomic E-state index is 11.9. The number of carbonyl (C=O) groups excluding carboxylic acids is 1. The minimum Gasteiger partial charge on any atom is -0.326 e. The molecule has 0 unspecified atom stereocenters. The zero-order valence-corrected chi connectivity index (χ0v) is 13.0. The number of hydrogen-bond acceptors (Lipinski definition) is 2. The second-order valence-electron chi connectivity index (χ2n) is 4.27. The zero-order valence-electron chi connectivity index (χ0n) is 10.6. The predicted molar refractivity (Wildman–Crippen MR) is 85.0 cm³/mol. The van der Waals surface area contributed by atoms with Gasteiger partial charge in [0.1, 0.15) is 0 Å². The van der Waals surface area contributed by atoms with E-state index in [0.29, 0.717) is 6.42 Å². The van der Waals surface area contributed by atoms with Crippen molar-refractivity contribution in [1.29, 1.82) is 0 Å². The third-order valence-corrected chi connectivity index (χ3v) is 4.38. The molecule has 0 saturated carbocycles. The van der Waals surface area contributed by atoms with E-state index < -0.39 is 0 Å². The Morgan fingerprint density at radius 3 is 2.79 bits per heavy atom. The molecular formula is C15H16BrNOS. The van der Waals surface area contributed by atoms with Crippen LogP contribution in [0.3, 0.4) is 0 Å². The Bertz CT molecular complexity index is 525. The number of anilines is 1. The molecule has 0 aliphatic rings. The fourth-order valence-electron chi connectivity index (χ4n) is 1.85. The molecule has 4 heteroatoms. The molecular weight excluding hydrogens is 322 g/mol. The van der Waals surface area contributed by atoms with Crippen molar-refractivity contribution in [2.45, 2.75) is 24.6 Å². The molecule has 0 fully saturated rings. The molecule has 2 nitrogen and oxygen atoms in total. The van der Waals surface area contributed by atoms with E-state index >= 15 is 0 Å². The molecule has 0 saturated heterocycles. The number of halogens is 1. The number of carbonyl (C=O) groups is 1. The summed E-state index contributed by atoms with van der Waals surface area (Å²) in [5.41, 5.74) is 2.01. The topological polar surface area (TPSA) is 29.1 Å². The summed E-state index contributed by atoms with van der Waals surface area (Å²) in [6.07, 6.45) is 2.43. The average molecular weight is 338 g/mol. The Morgan fingerprint density at radius 1 is 1.21 bits per heavy atom. The second kappa shape index (κ2) is 7.46. The summed E-state index contributed by atoms with van der Waals surface area (Å²) in [6, 6.07) is 12.0. The van der Waals surface area contributed by atoms with Crippen LogP contribution in [0.4, 0.5) is 5.69 Å². The molecule has 0 aliphatic heterocycles. The molecule has 1 N–H and O–H groups in total. The Kier molecular flexibility index (Phi) is 5.61. The van der Waals surface area contributed by atoms with E-state index in [4.69, 9.17) is 0 Å². The van der Waals surface area contributed by atoms with Gasteiger partial charge in [-0.3, -0.25) is 4.79 Å². The van der Waals surface area contributed by atoms with Crippen LogP contribution in [0.5, 0.6) is 0 Å². The summed E-state index contributed by atoms with van der Waals surface area (Å²) in [4.78, 5) is 13.2. The van der Waals surface area contributed by atoms with E-state index in [1.54, 1.807) is 11.3 Å². The van der Waals surface area contributed by atoms with Gasteiger partial charge in [0.15, 0.2) is 0 Å². The highest BCUT2D eigenvalue weighted by Gasteiger charge is 2.06. The number of nitrogens with one attached hydrogen (secondary N) is 1. The van der Waals surface area contributed by atoms with E-state index in [1.807, 2.05) is 30.3 Å². The van der Waals surface area contributed by atoms with Crippen molar-refractivity contribution in [3.63, 3.8) is 0 Å². The van der Waals surface area contributed by atoms with Crippen molar-refractivity contribution in [2.75, 3.05) is 5.32 Å². The second-order valence-corrected chi connectivity index (χ2v) is 5.86. The highest BCUT2D eigenvalue weighted by Crippen LogP contribution is 2.18. The third-order valence-electron chi connectivity index (χ3n) is 2.84. The number of alkyl halides is 1. The number of benzene rings is 1. The Hall–Kier alpha value is -1.13. The molecule has 1 amide bonds. The van der Waals surface area contributed by atoms with Gasteiger partial charge in [-0.05, 0) is 35.9 Å². The quantitative estimate of drug-likeness (QED) is 0.766. The van der Waals surface area contributed by atoms with Crippen LogP contribution in [0.15, 0.2) is 41.8 Å². The van der Waals surface area contributed by atoms with Gasteiger partial charge in [-0.25, -0.2) is 0 Å². The van der Waals surface area contributed by atoms with Gasteiger partial charge < -0.3 is 5.32 Å². The van der Waals surface area contributed by atoms with Gasteiger partial charge in [0.25, 0.3) is 0 Å². The minimum atomic E-state index is 0.0879. The van der Waals surface area contributed by atoms with Crippen LogP contribution >= 0.6 is 27.3 Å². The summed E-state index contributed by atoms with van der Waals surface area (Å²) in [5.74, 6) is 0.0879. The van der Waals surface area contributed by atoms with Gasteiger partial charge >= 0.3 is 0 Å². The van der Waals surface area contributed by atoms with Crippen molar-refractivity contribution >= 4 is 38.9 Å².